The van der Waals surface area contributed by atoms with Gasteiger partial charge in [0.15, 0.2) is 0 Å². The topological polar surface area (TPSA) is 61.8 Å². The summed E-state index contributed by atoms with van der Waals surface area (Å²) in [4.78, 5) is 33.2. The molecule has 5 nitrogen and oxygen atoms in total. The number of rotatable bonds is 4. The highest BCUT2D eigenvalue weighted by Crippen LogP contribution is 2.18. The lowest BCUT2D eigenvalue weighted by Gasteiger charge is -2.26. The van der Waals surface area contributed by atoms with Crippen LogP contribution in [0.3, 0.4) is 0 Å². The van der Waals surface area contributed by atoms with Gasteiger partial charge in [-0.25, -0.2) is 9.59 Å². The largest absolute Gasteiger partial charge is 0.458 e. The third-order valence-electron chi connectivity index (χ3n) is 2.23. The second kappa shape index (κ2) is 6.05. The third-order valence-corrected chi connectivity index (χ3v) is 2.23. The van der Waals surface area contributed by atoms with E-state index in [9.17, 15) is 9.59 Å². The molecule has 0 saturated heterocycles. The second-order valence-electron chi connectivity index (χ2n) is 5.83. The van der Waals surface area contributed by atoms with E-state index in [0.29, 0.717) is 5.56 Å². The van der Waals surface area contributed by atoms with Crippen LogP contribution < -0.4 is 0 Å². The minimum absolute atomic E-state index is 0.340. The Labute approximate surface area is 118 Å². The molecule has 0 saturated carbocycles. The van der Waals surface area contributed by atoms with Gasteiger partial charge in [-0.15, -0.1) is 0 Å². The highest BCUT2D eigenvalue weighted by atomic mass is 17.2. The molecule has 0 amide bonds. The fourth-order valence-electron chi connectivity index (χ4n) is 1.20. The fraction of sp³-hybridized carbons (Fsp3) is 0.467. The van der Waals surface area contributed by atoms with Crippen molar-refractivity contribution in [1.29, 1.82) is 0 Å². The normalized spacial score (nSPS) is 11.8. The van der Waals surface area contributed by atoms with Gasteiger partial charge in [0.25, 0.3) is 0 Å². The van der Waals surface area contributed by atoms with Gasteiger partial charge in [0, 0.05) is 0 Å². The van der Waals surface area contributed by atoms with E-state index >= 15 is 0 Å². The first-order chi connectivity index (χ1) is 9.12. The number of carbonyl (C=O) groups is 2. The fourth-order valence-corrected chi connectivity index (χ4v) is 1.20. The molecule has 0 heterocycles. The molecule has 0 aliphatic carbocycles. The summed E-state index contributed by atoms with van der Waals surface area (Å²) >= 11 is 0. The van der Waals surface area contributed by atoms with E-state index in [1.165, 1.54) is 13.8 Å². The molecule has 5 heteroatoms. The lowest BCUT2D eigenvalue weighted by molar-refractivity contribution is -0.305. The monoisotopic (exact) mass is 280 g/mol. The Morgan fingerprint density at radius 1 is 0.950 bits per heavy atom. The maximum Gasteiger partial charge on any atom is 0.373 e. The summed E-state index contributed by atoms with van der Waals surface area (Å²) in [5, 5.41) is 0. The van der Waals surface area contributed by atoms with Gasteiger partial charge in [0.05, 0.1) is 5.56 Å². The van der Waals surface area contributed by atoms with Gasteiger partial charge in [-0.1, -0.05) is 18.2 Å². The van der Waals surface area contributed by atoms with E-state index in [4.69, 9.17) is 9.62 Å². The molecule has 0 atom stereocenters. The quantitative estimate of drug-likeness (QED) is 0.482. The molecule has 0 radical (unpaired) electrons. The molecule has 0 aliphatic heterocycles. The average molecular weight is 280 g/mol. The van der Waals surface area contributed by atoms with Crippen LogP contribution in [0.2, 0.25) is 0 Å². The summed E-state index contributed by atoms with van der Waals surface area (Å²) in [5.74, 6) is -1.27. The molecule has 0 unspecified atom stereocenters. The van der Waals surface area contributed by atoms with Crippen molar-refractivity contribution < 1.29 is 24.1 Å². The summed E-state index contributed by atoms with van der Waals surface area (Å²) in [6.07, 6.45) is 0. The van der Waals surface area contributed by atoms with E-state index in [0.717, 1.165) is 0 Å². The van der Waals surface area contributed by atoms with Crippen LogP contribution in [0, 0.1) is 0 Å². The van der Waals surface area contributed by atoms with E-state index in [1.54, 1.807) is 51.1 Å². The van der Waals surface area contributed by atoms with Gasteiger partial charge in [-0.05, 0) is 46.8 Å². The molecule has 0 N–H and O–H groups in total. The van der Waals surface area contributed by atoms with Crippen molar-refractivity contribution in [2.45, 2.75) is 45.8 Å². The molecule has 0 bridgehead atoms. The van der Waals surface area contributed by atoms with Crippen molar-refractivity contribution in [3.63, 3.8) is 0 Å². The molecular weight excluding hydrogens is 260 g/mol. The first-order valence-electron chi connectivity index (χ1n) is 6.30. The van der Waals surface area contributed by atoms with Crippen LogP contribution in [0.15, 0.2) is 30.3 Å². The predicted octanol–water partition coefficient (Wildman–Crippen LogP) is 2.90. The smallest absolute Gasteiger partial charge is 0.373 e. The molecule has 0 spiro atoms. The molecule has 20 heavy (non-hydrogen) atoms. The van der Waals surface area contributed by atoms with Crippen molar-refractivity contribution >= 4 is 11.9 Å². The van der Waals surface area contributed by atoms with Crippen LogP contribution in [0.1, 0.15) is 45.0 Å². The van der Waals surface area contributed by atoms with Crippen LogP contribution in [0.25, 0.3) is 0 Å². The summed E-state index contributed by atoms with van der Waals surface area (Å²) in [7, 11) is 0. The van der Waals surface area contributed by atoms with Crippen molar-refractivity contribution in [1.82, 2.24) is 0 Å². The first-order valence-corrected chi connectivity index (χ1v) is 6.30. The Hall–Kier alpha value is -1.88. The Morgan fingerprint density at radius 3 is 2.00 bits per heavy atom. The molecule has 0 fully saturated rings. The zero-order chi connectivity index (χ0) is 15.4. The van der Waals surface area contributed by atoms with Crippen molar-refractivity contribution in [3.05, 3.63) is 35.9 Å². The Kier molecular flexibility index (Phi) is 4.89. The average Bonchev–Trinajstić information content (AvgIpc) is 2.35. The van der Waals surface area contributed by atoms with Crippen molar-refractivity contribution in [2.75, 3.05) is 0 Å². The van der Waals surface area contributed by atoms with Crippen molar-refractivity contribution in [2.24, 2.45) is 0 Å². The van der Waals surface area contributed by atoms with Gasteiger partial charge in [-0.3, -0.25) is 4.89 Å². The SMILES string of the molecule is CC(C)(C)OC(=O)C(C)(C)OOC(=O)c1ccccc1. The van der Waals surface area contributed by atoms with Crippen LogP contribution >= 0.6 is 0 Å². The van der Waals surface area contributed by atoms with Gasteiger partial charge in [-0.2, -0.15) is 4.89 Å². The van der Waals surface area contributed by atoms with Gasteiger partial charge < -0.3 is 4.74 Å². The lowest BCUT2D eigenvalue weighted by atomic mass is 10.1. The third kappa shape index (κ3) is 5.01. The van der Waals surface area contributed by atoms with E-state index in [-0.39, 0.29) is 0 Å². The van der Waals surface area contributed by atoms with Crippen molar-refractivity contribution in [3.8, 4) is 0 Å². The summed E-state index contributed by atoms with van der Waals surface area (Å²) in [5.41, 5.74) is -1.67. The maximum absolute atomic E-state index is 11.9. The van der Waals surface area contributed by atoms with E-state index in [2.05, 4.69) is 4.89 Å². The molecule has 0 aliphatic rings. The predicted molar refractivity (Wildman–Crippen MR) is 72.9 cm³/mol. The number of carbonyl (C=O) groups excluding carboxylic acids is 2. The Morgan fingerprint density at radius 2 is 1.50 bits per heavy atom. The first kappa shape index (κ1) is 16.2. The molecule has 1 rings (SSSR count). The number of esters is 1. The Balaban J connectivity index is 2.59. The number of ether oxygens (including phenoxy) is 1. The Bertz CT molecular complexity index is 471. The molecule has 1 aromatic rings. The molecular formula is C15H20O5. The highest BCUT2D eigenvalue weighted by molar-refractivity contribution is 5.89. The van der Waals surface area contributed by atoms with Crippen LogP contribution in [-0.4, -0.2) is 23.1 Å². The molecule has 110 valence electrons. The minimum Gasteiger partial charge on any atom is -0.458 e. The zero-order valence-electron chi connectivity index (χ0n) is 12.4. The van der Waals surface area contributed by atoms with Gasteiger partial charge >= 0.3 is 11.9 Å². The van der Waals surface area contributed by atoms with Gasteiger partial charge in [0.2, 0.25) is 5.60 Å². The zero-order valence-corrected chi connectivity index (χ0v) is 12.4. The second-order valence-corrected chi connectivity index (χ2v) is 5.83. The molecule has 0 aromatic heterocycles. The lowest BCUT2D eigenvalue weighted by Crippen LogP contribution is -2.41. The number of hydrogen-bond donors (Lipinski definition) is 0. The highest BCUT2D eigenvalue weighted by Gasteiger charge is 2.36. The standard InChI is InChI=1S/C15H20O5/c1-14(2,3)18-13(17)15(4,5)20-19-12(16)11-9-7-6-8-10-11/h6-10H,1-5H3. The summed E-state index contributed by atoms with van der Waals surface area (Å²) in [6.45, 7) is 8.18. The van der Waals surface area contributed by atoms with Crippen LogP contribution in [-0.2, 0) is 19.3 Å². The number of hydrogen-bond acceptors (Lipinski definition) is 5. The maximum atomic E-state index is 11.9. The van der Waals surface area contributed by atoms with E-state index in [1.807, 2.05) is 0 Å². The molecule has 1 aromatic carbocycles. The summed E-state index contributed by atoms with van der Waals surface area (Å²) < 4.78 is 5.19. The van der Waals surface area contributed by atoms with Gasteiger partial charge in [0.1, 0.15) is 5.60 Å². The summed E-state index contributed by atoms with van der Waals surface area (Å²) in [6, 6.07) is 8.37. The van der Waals surface area contributed by atoms with Crippen LogP contribution in [0.5, 0.6) is 0 Å². The number of benzene rings is 1. The van der Waals surface area contributed by atoms with E-state index < -0.39 is 23.1 Å². The minimum atomic E-state index is -1.38. The van der Waals surface area contributed by atoms with Crippen LogP contribution in [0.4, 0.5) is 0 Å².